The van der Waals surface area contributed by atoms with E-state index in [1.54, 1.807) is 4.90 Å². The molecule has 0 spiro atoms. The molecule has 3 N–H and O–H groups in total. The number of aryl methyl sites for hydroxylation is 1. The van der Waals surface area contributed by atoms with E-state index in [0.717, 1.165) is 62.5 Å². The summed E-state index contributed by atoms with van der Waals surface area (Å²) in [6, 6.07) is 2.83. The molecule has 1 unspecified atom stereocenters. The first kappa shape index (κ1) is 38.8. The highest BCUT2D eigenvalue weighted by Gasteiger charge is 2.46. The molecule has 1 aliphatic carbocycles. The van der Waals surface area contributed by atoms with Gasteiger partial charge in [0, 0.05) is 19.5 Å². The summed E-state index contributed by atoms with van der Waals surface area (Å²) in [6.07, 6.45) is 7.43. The van der Waals surface area contributed by atoms with E-state index in [-0.39, 0.29) is 31.4 Å². The summed E-state index contributed by atoms with van der Waals surface area (Å²) in [7, 11) is -3.86. The Morgan fingerprint density at radius 2 is 1.60 bits per heavy atom. The van der Waals surface area contributed by atoms with Gasteiger partial charge in [0.05, 0.1) is 18.4 Å². The first-order valence-electron chi connectivity index (χ1n) is 19.4. The van der Waals surface area contributed by atoms with Crippen molar-refractivity contribution < 1.29 is 41.9 Å². The number of alkyl carbamates (subject to hydrolysis) is 1. The molecule has 0 radical (unpaired) electrons. The number of carbonyl (C=O) groups is 5. The van der Waals surface area contributed by atoms with Gasteiger partial charge in [-0.25, -0.2) is 18.0 Å². The zero-order chi connectivity index (χ0) is 37.8. The fraction of sp³-hybridized carbons (Fsp3) is 0.711. The van der Waals surface area contributed by atoms with E-state index in [1.165, 1.54) is 10.5 Å². The normalized spacial score (nSPS) is 28.1. The van der Waals surface area contributed by atoms with Crippen molar-refractivity contribution in [2.45, 2.75) is 153 Å². The lowest BCUT2D eigenvalue weighted by molar-refractivity contribution is -0.141. The van der Waals surface area contributed by atoms with Crippen LogP contribution in [0.1, 0.15) is 120 Å². The Labute approximate surface area is 312 Å². The summed E-state index contributed by atoms with van der Waals surface area (Å²) in [5.41, 5.74) is 3.06. The van der Waals surface area contributed by atoms with Gasteiger partial charge in [0.25, 0.3) is 5.91 Å². The summed E-state index contributed by atoms with van der Waals surface area (Å²) in [6.45, 7) is 4.96. The summed E-state index contributed by atoms with van der Waals surface area (Å²) in [5.74, 6) is -1.98. The van der Waals surface area contributed by atoms with Gasteiger partial charge in [0.15, 0.2) is 0 Å². The second kappa shape index (κ2) is 16.6. The summed E-state index contributed by atoms with van der Waals surface area (Å²) >= 11 is 0. The summed E-state index contributed by atoms with van der Waals surface area (Å²) in [4.78, 5) is 71.6. The van der Waals surface area contributed by atoms with Crippen molar-refractivity contribution in [3.05, 3.63) is 34.9 Å². The summed E-state index contributed by atoms with van der Waals surface area (Å²) < 4.78 is 39.2. The highest BCUT2D eigenvalue weighted by atomic mass is 32.2. The number of ether oxygens (including phenoxy) is 2. The SMILES string of the molecule is CC1(C)CCCCc2cccc3c2CN(C3)C(=O)O[C@@H]2C[C@H]3C(=O)NC(C(=O)NS(=O)(=O)C4CC4)CCCCCCCC[C@H](NC(=O)OC1)C(=O)N3C2. The van der Waals surface area contributed by atoms with Crippen LogP contribution in [-0.4, -0.2) is 90.8 Å². The second-order valence-corrected chi connectivity index (χ2v) is 18.2. The van der Waals surface area contributed by atoms with Crippen molar-refractivity contribution in [1.82, 2.24) is 25.2 Å². The molecule has 5 amide bonds. The van der Waals surface area contributed by atoms with E-state index < -0.39 is 69.4 Å². The molecule has 15 heteroatoms. The van der Waals surface area contributed by atoms with Gasteiger partial charge in [0.1, 0.15) is 24.2 Å². The summed E-state index contributed by atoms with van der Waals surface area (Å²) in [5, 5.41) is 4.91. The third-order valence-corrected chi connectivity index (χ3v) is 13.1. The Balaban J connectivity index is 1.27. The number of carbonyl (C=O) groups excluding carboxylic acids is 5. The smallest absolute Gasteiger partial charge is 0.410 e. The number of amides is 5. The molecule has 4 aliphatic heterocycles. The average Bonchev–Trinajstić information content (AvgIpc) is 3.76. The molecule has 1 saturated carbocycles. The van der Waals surface area contributed by atoms with Gasteiger partial charge in [-0.05, 0) is 67.1 Å². The number of hydrogen-bond donors (Lipinski definition) is 3. The Kier molecular flexibility index (Phi) is 12.2. The van der Waals surface area contributed by atoms with Crippen LogP contribution < -0.4 is 15.4 Å². The van der Waals surface area contributed by atoms with Crippen LogP contribution in [0.25, 0.3) is 0 Å². The molecule has 1 aromatic rings. The fourth-order valence-corrected chi connectivity index (χ4v) is 9.30. The first-order valence-corrected chi connectivity index (χ1v) is 21.0. The molecule has 6 rings (SSSR count). The van der Waals surface area contributed by atoms with Crippen LogP contribution in [0.2, 0.25) is 0 Å². The first-order chi connectivity index (χ1) is 25.3. The van der Waals surface area contributed by atoms with E-state index in [4.69, 9.17) is 9.47 Å². The van der Waals surface area contributed by atoms with Crippen LogP contribution >= 0.6 is 0 Å². The van der Waals surface area contributed by atoms with E-state index in [2.05, 4.69) is 21.4 Å². The molecule has 292 valence electrons. The van der Waals surface area contributed by atoms with Crippen molar-refractivity contribution >= 4 is 39.9 Å². The van der Waals surface area contributed by atoms with E-state index in [9.17, 15) is 32.4 Å². The van der Waals surface area contributed by atoms with Crippen LogP contribution in [0, 0.1) is 5.41 Å². The standard InChI is InChI=1S/C38H55N5O9S/c1-38(2)19-10-9-12-25-13-11-14-26-21-42(23-29(25)26)37(48)52-27-20-32-34(45)39-30(33(44)41-53(49,50)28-17-18-28)15-7-5-3-4-6-8-16-31(35(46)43(32)22-27)40-36(47)51-24-38/h11,13-14,27-28,30-32H,3-10,12,15-24H2,1-2H3,(H,39,45)(H,40,47)(H,41,44)/t27-,30?,31+,32+/m1/s1. The topological polar surface area (TPSA) is 181 Å². The average molecular weight is 758 g/mol. The highest BCUT2D eigenvalue weighted by molar-refractivity contribution is 7.90. The van der Waals surface area contributed by atoms with Crippen molar-refractivity contribution in [3.8, 4) is 0 Å². The number of fused-ring (bicyclic) bond motifs is 3. The van der Waals surface area contributed by atoms with Crippen LogP contribution in [0.3, 0.4) is 0 Å². The third-order valence-electron chi connectivity index (χ3n) is 11.3. The largest absolute Gasteiger partial charge is 0.449 e. The number of sulfonamides is 1. The van der Waals surface area contributed by atoms with Gasteiger partial charge < -0.3 is 25.0 Å². The zero-order valence-electron chi connectivity index (χ0n) is 31.0. The predicted octanol–water partition coefficient (Wildman–Crippen LogP) is 4.18. The number of nitrogens with one attached hydrogen (secondary N) is 3. The molecule has 14 nitrogen and oxygen atoms in total. The molecule has 5 bridgehead atoms. The van der Waals surface area contributed by atoms with Gasteiger partial charge in [-0.3, -0.25) is 24.0 Å². The van der Waals surface area contributed by atoms with Crippen LogP contribution in [0.15, 0.2) is 18.2 Å². The zero-order valence-corrected chi connectivity index (χ0v) is 31.8. The van der Waals surface area contributed by atoms with E-state index in [1.807, 2.05) is 26.0 Å². The minimum atomic E-state index is -3.86. The lowest BCUT2D eigenvalue weighted by Gasteiger charge is -2.30. The Hall–Kier alpha value is -3.88. The molecule has 1 aromatic carbocycles. The fourth-order valence-electron chi connectivity index (χ4n) is 7.95. The van der Waals surface area contributed by atoms with Crippen LogP contribution in [-0.2, 0) is 53.4 Å². The maximum Gasteiger partial charge on any atom is 0.410 e. The molecule has 5 aliphatic rings. The monoisotopic (exact) mass is 757 g/mol. The van der Waals surface area contributed by atoms with Gasteiger partial charge >= 0.3 is 12.2 Å². The third kappa shape index (κ3) is 10.0. The molecule has 0 aromatic heterocycles. The van der Waals surface area contributed by atoms with Crippen molar-refractivity contribution in [1.29, 1.82) is 0 Å². The molecular formula is C38H55N5O9S. The van der Waals surface area contributed by atoms with Gasteiger partial charge in [-0.2, -0.15) is 0 Å². The predicted molar refractivity (Wildman–Crippen MR) is 195 cm³/mol. The van der Waals surface area contributed by atoms with Gasteiger partial charge in [0.2, 0.25) is 21.8 Å². The van der Waals surface area contributed by atoms with Crippen LogP contribution in [0.4, 0.5) is 9.59 Å². The highest BCUT2D eigenvalue weighted by Crippen LogP contribution is 2.32. The Morgan fingerprint density at radius 3 is 2.36 bits per heavy atom. The minimum Gasteiger partial charge on any atom is -0.449 e. The number of nitrogens with zero attached hydrogens (tertiary/aromatic N) is 2. The molecule has 2 saturated heterocycles. The van der Waals surface area contributed by atoms with Crippen molar-refractivity contribution in [2.75, 3.05) is 13.2 Å². The Bertz CT molecular complexity index is 1660. The maximum atomic E-state index is 14.4. The van der Waals surface area contributed by atoms with Gasteiger partial charge in [-0.1, -0.05) is 77.0 Å². The number of hydrogen-bond acceptors (Lipinski definition) is 9. The quantitative estimate of drug-likeness (QED) is 0.408. The molecule has 3 fully saturated rings. The second-order valence-electron chi connectivity index (χ2n) is 16.3. The van der Waals surface area contributed by atoms with E-state index >= 15 is 0 Å². The lowest BCUT2D eigenvalue weighted by atomic mass is 9.87. The molecule has 53 heavy (non-hydrogen) atoms. The number of rotatable bonds is 3. The van der Waals surface area contributed by atoms with E-state index in [0.29, 0.717) is 45.2 Å². The van der Waals surface area contributed by atoms with Gasteiger partial charge in [-0.15, -0.1) is 0 Å². The number of cyclic esters (lactones) is 1. The lowest BCUT2D eigenvalue weighted by Crippen LogP contribution is -2.56. The van der Waals surface area contributed by atoms with Crippen molar-refractivity contribution in [3.63, 3.8) is 0 Å². The minimum absolute atomic E-state index is 0.0323. The van der Waals surface area contributed by atoms with Crippen molar-refractivity contribution in [2.24, 2.45) is 5.41 Å². The molecular weight excluding hydrogens is 703 g/mol. The molecule has 4 atom stereocenters. The Morgan fingerprint density at radius 1 is 0.887 bits per heavy atom. The maximum absolute atomic E-state index is 14.4. The van der Waals surface area contributed by atoms with Crippen LogP contribution in [0.5, 0.6) is 0 Å². The molecule has 4 heterocycles. The number of benzene rings is 1.